The van der Waals surface area contributed by atoms with Gasteiger partial charge in [0.2, 0.25) is 0 Å². The topological polar surface area (TPSA) is 43.4 Å². The molecule has 0 fully saturated rings. The summed E-state index contributed by atoms with van der Waals surface area (Å²) in [5, 5.41) is 3.44. The van der Waals surface area contributed by atoms with Gasteiger partial charge < -0.3 is 14.8 Å². The number of ether oxygens (including phenoxy) is 2. The van der Waals surface area contributed by atoms with E-state index in [1.807, 2.05) is 11.7 Å². The highest BCUT2D eigenvalue weighted by molar-refractivity contribution is 7.09. The van der Waals surface area contributed by atoms with Crippen molar-refractivity contribution in [2.75, 3.05) is 33.5 Å². The fourth-order valence-electron chi connectivity index (χ4n) is 1.28. The van der Waals surface area contributed by atoms with E-state index in [9.17, 15) is 0 Å². The molecule has 0 aliphatic heterocycles. The monoisotopic (exact) mass is 244 g/mol. The molecule has 5 heteroatoms. The molecule has 1 atom stereocenters. The van der Waals surface area contributed by atoms with E-state index in [0.717, 1.165) is 19.6 Å². The van der Waals surface area contributed by atoms with E-state index in [-0.39, 0.29) is 0 Å². The third kappa shape index (κ3) is 5.55. The summed E-state index contributed by atoms with van der Waals surface area (Å²) in [6.07, 6.45) is 2.93. The lowest BCUT2D eigenvalue weighted by molar-refractivity contribution is 0.0693. The maximum absolute atomic E-state index is 5.37. The van der Waals surface area contributed by atoms with E-state index in [2.05, 4.69) is 17.2 Å². The van der Waals surface area contributed by atoms with Gasteiger partial charge in [0.1, 0.15) is 0 Å². The van der Waals surface area contributed by atoms with E-state index in [1.54, 1.807) is 18.4 Å². The summed E-state index contributed by atoms with van der Waals surface area (Å²) in [7, 11) is 1.68. The third-order valence-electron chi connectivity index (χ3n) is 2.23. The van der Waals surface area contributed by atoms with Crippen molar-refractivity contribution in [3.05, 3.63) is 16.6 Å². The van der Waals surface area contributed by atoms with Crippen molar-refractivity contribution < 1.29 is 9.47 Å². The largest absolute Gasteiger partial charge is 0.382 e. The second-order valence-corrected chi connectivity index (χ2v) is 4.46. The Balaban J connectivity index is 1.95. The molecule has 1 N–H and O–H groups in total. The van der Waals surface area contributed by atoms with Gasteiger partial charge in [-0.1, -0.05) is 0 Å². The zero-order chi connectivity index (χ0) is 11.6. The van der Waals surface area contributed by atoms with Gasteiger partial charge in [0.15, 0.2) is 0 Å². The predicted octanol–water partition coefficient (Wildman–Crippen LogP) is 1.85. The van der Waals surface area contributed by atoms with E-state index >= 15 is 0 Å². The van der Waals surface area contributed by atoms with Gasteiger partial charge in [-0.05, 0) is 19.9 Å². The minimum atomic E-state index is 0.381. The Morgan fingerprint density at radius 3 is 3.00 bits per heavy atom. The van der Waals surface area contributed by atoms with Crippen molar-refractivity contribution in [3.8, 4) is 0 Å². The highest BCUT2D eigenvalue weighted by Crippen LogP contribution is 2.15. The van der Waals surface area contributed by atoms with E-state index in [4.69, 9.17) is 9.47 Å². The Labute approximate surface area is 101 Å². The van der Waals surface area contributed by atoms with Gasteiger partial charge in [0.25, 0.3) is 0 Å². The number of nitrogens with one attached hydrogen (secondary N) is 1. The number of rotatable bonds is 9. The van der Waals surface area contributed by atoms with Crippen LogP contribution in [0.3, 0.4) is 0 Å². The van der Waals surface area contributed by atoms with Crippen molar-refractivity contribution in [1.82, 2.24) is 10.3 Å². The average molecular weight is 244 g/mol. The van der Waals surface area contributed by atoms with Crippen molar-refractivity contribution in [2.24, 2.45) is 0 Å². The molecule has 0 saturated carbocycles. The summed E-state index contributed by atoms with van der Waals surface area (Å²) in [5.41, 5.74) is 1.86. The Morgan fingerprint density at radius 2 is 2.31 bits per heavy atom. The molecule has 0 aliphatic rings. The van der Waals surface area contributed by atoms with Crippen LogP contribution in [-0.4, -0.2) is 38.5 Å². The number of thiazole rings is 1. The molecule has 1 aromatic rings. The molecule has 0 bridgehead atoms. The van der Waals surface area contributed by atoms with Crippen LogP contribution >= 0.6 is 11.3 Å². The van der Waals surface area contributed by atoms with Crippen LogP contribution in [-0.2, 0) is 9.47 Å². The zero-order valence-corrected chi connectivity index (χ0v) is 10.8. The molecule has 0 aromatic carbocycles. The minimum Gasteiger partial charge on any atom is -0.382 e. The van der Waals surface area contributed by atoms with Crippen molar-refractivity contribution in [1.29, 1.82) is 0 Å². The molecule has 0 amide bonds. The molecule has 16 heavy (non-hydrogen) atoms. The van der Waals surface area contributed by atoms with Crippen LogP contribution in [0.15, 0.2) is 11.7 Å². The zero-order valence-electron chi connectivity index (χ0n) is 9.94. The maximum atomic E-state index is 5.37. The molecule has 0 radical (unpaired) electrons. The molecule has 92 valence electrons. The summed E-state index contributed by atoms with van der Waals surface area (Å²) in [6.45, 7) is 5.25. The highest BCUT2D eigenvalue weighted by atomic mass is 32.1. The first kappa shape index (κ1) is 13.6. The van der Waals surface area contributed by atoms with Gasteiger partial charge in [-0.2, -0.15) is 0 Å². The number of methoxy groups -OCH3 is 1. The predicted molar refractivity (Wildman–Crippen MR) is 65.8 cm³/mol. The van der Waals surface area contributed by atoms with Gasteiger partial charge in [0, 0.05) is 30.8 Å². The molecule has 1 aromatic heterocycles. The van der Waals surface area contributed by atoms with Crippen LogP contribution in [0.4, 0.5) is 0 Å². The fraction of sp³-hybridized carbons (Fsp3) is 0.727. The van der Waals surface area contributed by atoms with E-state index in [0.29, 0.717) is 19.3 Å². The minimum absolute atomic E-state index is 0.381. The Bertz CT molecular complexity index is 254. The molecule has 1 heterocycles. The van der Waals surface area contributed by atoms with Gasteiger partial charge in [-0.15, -0.1) is 11.3 Å². The number of aromatic nitrogens is 1. The first-order chi connectivity index (χ1) is 7.84. The van der Waals surface area contributed by atoms with Gasteiger partial charge >= 0.3 is 0 Å². The maximum Gasteiger partial charge on any atom is 0.0794 e. The SMILES string of the molecule is COCCOCCCNC(C)c1cncs1. The summed E-state index contributed by atoms with van der Waals surface area (Å²) in [5.74, 6) is 0. The standard InChI is InChI=1S/C11H20N2O2S/c1-10(11-8-12-9-16-11)13-4-3-5-15-7-6-14-2/h8-10,13H,3-7H2,1-2H3. The normalized spacial score (nSPS) is 12.9. The van der Waals surface area contributed by atoms with Crippen LogP contribution in [0.5, 0.6) is 0 Å². The van der Waals surface area contributed by atoms with Crippen LogP contribution in [0.2, 0.25) is 0 Å². The first-order valence-corrected chi connectivity index (χ1v) is 6.41. The van der Waals surface area contributed by atoms with E-state index < -0.39 is 0 Å². The van der Waals surface area contributed by atoms with Crippen LogP contribution < -0.4 is 5.32 Å². The Kier molecular flexibility index (Phi) is 7.33. The Hall–Kier alpha value is -0.490. The molecular weight excluding hydrogens is 224 g/mol. The molecule has 4 nitrogen and oxygen atoms in total. The van der Waals surface area contributed by atoms with Crippen molar-refractivity contribution in [3.63, 3.8) is 0 Å². The van der Waals surface area contributed by atoms with E-state index in [1.165, 1.54) is 4.88 Å². The lowest BCUT2D eigenvalue weighted by Gasteiger charge is -2.11. The molecule has 1 rings (SSSR count). The quantitative estimate of drug-likeness (QED) is 0.673. The summed E-state index contributed by atoms with van der Waals surface area (Å²) in [4.78, 5) is 5.34. The number of hydrogen-bond acceptors (Lipinski definition) is 5. The first-order valence-electron chi connectivity index (χ1n) is 5.53. The van der Waals surface area contributed by atoms with Crippen molar-refractivity contribution in [2.45, 2.75) is 19.4 Å². The summed E-state index contributed by atoms with van der Waals surface area (Å²) >= 11 is 1.68. The van der Waals surface area contributed by atoms with Crippen LogP contribution in [0.25, 0.3) is 0 Å². The summed E-state index contributed by atoms with van der Waals surface area (Å²) < 4.78 is 10.3. The smallest absolute Gasteiger partial charge is 0.0794 e. The summed E-state index contributed by atoms with van der Waals surface area (Å²) in [6, 6.07) is 0.381. The molecule has 0 spiro atoms. The second-order valence-electron chi connectivity index (χ2n) is 3.54. The fourth-order valence-corrected chi connectivity index (χ4v) is 1.93. The number of hydrogen-bond donors (Lipinski definition) is 1. The molecule has 0 saturated heterocycles. The van der Waals surface area contributed by atoms with Crippen LogP contribution in [0.1, 0.15) is 24.3 Å². The lowest BCUT2D eigenvalue weighted by atomic mass is 10.3. The van der Waals surface area contributed by atoms with Gasteiger partial charge in [-0.25, -0.2) is 0 Å². The Morgan fingerprint density at radius 1 is 1.44 bits per heavy atom. The molecular formula is C11H20N2O2S. The molecule has 0 aliphatic carbocycles. The molecule has 1 unspecified atom stereocenters. The third-order valence-corrected chi connectivity index (χ3v) is 3.18. The lowest BCUT2D eigenvalue weighted by Crippen LogP contribution is -2.20. The average Bonchev–Trinajstić information content (AvgIpc) is 2.81. The van der Waals surface area contributed by atoms with Crippen molar-refractivity contribution >= 4 is 11.3 Å². The van der Waals surface area contributed by atoms with Gasteiger partial charge in [0.05, 0.1) is 18.7 Å². The van der Waals surface area contributed by atoms with Crippen LogP contribution in [0, 0.1) is 0 Å². The highest BCUT2D eigenvalue weighted by Gasteiger charge is 2.04. The van der Waals surface area contributed by atoms with Gasteiger partial charge in [-0.3, -0.25) is 4.98 Å². The number of nitrogens with zero attached hydrogens (tertiary/aromatic N) is 1. The second kappa shape index (κ2) is 8.64.